The van der Waals surface area contributed by atoms with Gasteiger partial charge in [-0.1, -0.05) is 13.3 Å². The van der Waals surface area contributed by atoms with Gasteiger partial charge in [-0.2, -0.15) is 11.8 Å². The van der Waals surface area contributed by atoms with Crippen molar-refractivity contribution in [3.63, 3.8) is 0 Å². The number of aliphatic carboxylic acids is 1. The number of urea groups is 1. The van der Waals surface area contributed by atoms with Crippen molar-refractivity contribution >= 4 is 23.8 Å². The number of rotatable bonds is 6. The van der Waals surface area contributed by atoms with Gasteiger partial charge in [0.05, 0.1) is 0 Å². The summed E-state index contributed by atoms with van der Waals surface area (Å²) in [5.74, 6) is 0.336. The number of likely N-dealkylation sites (tertiary alicyclic amines) is 1. The lowest BCUT2D eigenvalue weighted by Crippen LogP contribution is -2.47. The lowest BCUT2D eigenvalue weighted by atomic mass is 10.1. The third-order valence-electron chi connectivity index (χ3n) is 3.36. The Bertz CT molecular complexity index is 299. The van der Waals surface area contributed by atoms with E-state index in [1.54, 1.807) is 16.7 Å². The van der Waals surface area contributed by atoms with Gasteiger partial charge in [-0.3, -0.25) is 0 Å². The molecule has 0 saturated carbocycles. The molecule has 2 amide bonds. The summed E-state index contributed by atoms with van der Waals surface area (Å²) in [6.45, 7) is 3.60. The summed E-state index contributed by atoms with van der Waals surface area (Å²) < 4.78 is 0. The molecule has 1 fully saturated rings. The summed E-state index contributed by atoms with van der Waals surface area (Å²) in [4.78, 5) is 24.7. The van der Waals surface area contributed by atoms with Crippen LogP contribution >= 0.6 is 11.8 Å². The van der Waals surface area contributed by atoms with Crippen LogP contribution in [0.15, 0.2) is 0 Å². The van der Waals surface area contributed by atoms with Crippen molar-refractivity contribution in [1.29, 1.82) is 0 Å². The van der Waals surface area contributed by atoms with Gasteiger partial charge in [-0.05, 0) is 30.8 Å². The molecule has 1 saturated heterocycles. The Kier molecular flexibility index (Phi) is 6.32. The predicted octanol–water partition coefficient (Wildman–Crippen LogP) is 1.63. The van der Waals surface area contributed by atoms with Crippen molar-refractivity contribution in [2.24, 2.45) is 5.92 Å². The molecule has 1 unspecified atom stereocenters. The number of carboxylic acids is 1. The molecule has 1 heterocycles. The van der Waals surface area contributed by atoms with E-state index in [0.717, 1.165) is 31.7 Å². The van der Waals surface area contributed by atoms with E-state index in [4.69, 9.17) is 5.11 Å². The van der Waals surface area contributed by atoms with Gasteiger partial charge in [-0.15, -0.1) is 0 Å². The first kappa shape index (κ1) is 15.1. The number of carbonyl (C=O) groups is 2. The highest BCUT2D eigenvalue weighted by molar-refractivity contribution is 7.98. The average Bonchev–Trinajstić information content (AvgIpc) is 2.82. The molecule has 0 aromatic heterocycles. The molecule has 5 nitrogen and oxygen atoms in total. The van der Waals surface area contributed by atoms with Crippen molar-refractivity contribution < 1.29 is 14.7 Å². The molecule has 0 radical (unpaired) electrons. The number of nitrogens with one attached hydrogen (secondary N) is 1. The van der Waals surface area contributed by atoms with Crippen molar-refractivity contribution in [3.05, 3.63) is 0 Å². The van der Waals surface area contributed by atoms with E-state index in [-0.39, 0.29) is 6.03 Å². The minimum atomic E-state index is -0.955. The molecule has 1 rings (SSSR count). The Morgan fingerprint density at radius 3 is 2.78 bits per heavy atom. The van der Waals surface area contributed by atoms with Crippen molar-refractivity contribution in [2.45, 2.75) is 32.2 Å². The molecule has 0 spiro atoms. The third-order valence-corrected chi connectivity index (χ3v) is 4.00. The highest BCUT2D eigenvalue weighted by atomic mass is 32.2. The summed E-state index contributed by atoms with van der Waals surface area (Å²) in [7, 11) is 0. The van der Waals surface area contributed by atoms with Crippen LogP contribution in [0.3, 0.4) is 0 Å². The third kappa shape index (κ3) is 4.40. The highest BCUT2D eigenvalue weighted by Gasteiger charge is 2.28. The molecular weight excluding hydrogens is 252 g/mol. The number of nitrogens with zero attached hydrogens (tertiary/aromatic N) is 1. The fourth-order valence-corrected chi connectivity index (χ4v) is 2.56. The second-order valence-corrected chi connectivity index (χ2v) is 5.62. The van der Waals surface area contributed by atoms with Crippen LogP contribution in [0.4, 0.5) is 4.79 Å². The number of amides is 2. The molecule has 0 aromatic carbocycles. The molecule has 0 bridgehead atoms. The van der Waals surface area contributed by atoms with Gasteiger partial charge in [0.15, 0.2) is 0 Å². The van der Waals surface area contributed by atoms with E-state index in [1.165, 1.54) is 0 Å². The molecule has 18 heavy (non-hydrogen) atoms. The standard InChI is InChI=1S/C12H22N2O3S/c1-3-9-4-6-14(8-9)12(17)13-10(11(15)16)5-7-18-2/h9-10H,3-8H2,1-2H3,(H,13,17)(H,15,16)/t9?,10-/m0/s1. The first-order valence-electron chi connectivity index (χ1n) is 6.35. The largest absolute Gasteiger partial charge is 0.480 e. The normalized spacial score (nSPS) is 20.8. The summed E-state index contributed by atoms with van der Waals surface area (Å²) in [6, 6.07) is -1.01. The van der Waals surface area contributed by atoms with Gasteiger partial charge in [0, 0.05) is 13.1 Å². The highest BCUT2D eigenvalue weighted by Crippen LogP contribution is 2.19. The van der Waals surface area contributed by atoms with Crippen LogP contribution in [-0.2, 0) is 4.79 Å². The molecule has 2 atom stereocenters. The number of hydrogen-bond donors (Lipinski definition) is 2. The minimum Gasteiger partial charge on any atom is -0.480 e. The van der Waals surface area contributed by atoms with Crippen LogP contribution in [0.5, 0.6) is 0 Å². The number of carbonyl (C=O) groups excluding carboxylic acids is 1. The summed E-state index contributed by atoms with van der Waals surface area (Å²) in [5.41, 5.74) is 0. The average molecular weight is 274 g/mol. The zero-order valence-corrected chi connectivity index (χ0v) is 11.8. The van der Waals surface area contributed by atoms with E-state index in [0.29, 0.717) is 12.3 Å². The van der Waals surface area contributed by atoms with Crippen molar-refractivity contribution in [2.75, 3.05) is 25.1 Å². The van der Waals surface area contributed by atoms with E-state index in [2.05, 4.69) is 12.2 Å². The van der Waals surface area contributed by atoms with Gasteiger partial charge in [0.2, 0.25) is 0 Å². The lowest BCUT2D eigenvalue weighted by Gasteiger charge is -2.20. The van der Waals surface area contributed by atoms with E-state index in [9.17, 15) is 9.59 Å². The molecule has 1 aliphatic heterocycles. The van der Waals surface area contributed by atoms with Crippen molar-refractivity contribution in [1.82, 2.24) is 10.2 Å². The van der Waals surface area contributed by atoms with Crippen LogP contribution < -0.4 is 5.32 Å². The summed E-state index contributed by atoms with van der Waals surface area (Å²) in [5, 5.41) is 11.7. The maximum atomic E-state index is 11.9. The molecule has 104 valence electrons. The number of thioether (sulfide) groups is 1. The minimum absolute atomic E-state index is 0.237. The van der Waals surface area contributed by atoms with Crippen LogP contribution in [0.2, 0.25) is 0 Å². The van der Waals surface area contributed by atoms with E-state index < -0.39 is 12.0 Å². The molecule has 6 heteroatoms. The quantitative estimate of drug-likeness (QED) is 0.772. The fourth-order valence-electron chi connectivity index (χ4n) is 2.08. The van der Waals surface area contributed by atoms with E-state index >= 15 is 0 Å². The monoisotopic (exact) mass is 274 g/mol. The van der Waals surface area contributed by atoms with Crippen molar-refractivity contribution in [3.8, 4) is 0 Å². The zero-order chi connectivity index (χ0) is 13.5. The van der Waals surface area contributed by atoms with Gasteiger partial charge < -0.3 is 15.3 Å². The molecular formula is C12H22N2O3S. The molecule has 0 aliphatic carbocycles. The summed E-state index contributed by atoms with van der Waals surface area (Å²) >= 11 is 1.58. The smallest absolute Gasteiger partial charge is 0.326 e. The van der Waals surface area contributed by atoms with Crippen LogP contribution in [0.25, 0.3) is 0 Å². The maximum absolute atomic E-state index is 11.9. The van der Waals surface area contributed by atoms with Gasteiger partial charge in [-0.25, -0.2) is 9.59 Å². The lowest BCUT2D eigenvalue weighted by molar-refractivity contribution is -0.139. The SMILES string of the molecule is CCC1CCN(C(=O)N[C@@H](CCSC)C(=O)O)C1. The Labute approximate surface area is 112 Å². The molecule has 0 aromatic rings. The first-order chi connectivity index (χ1) is 8.58. The van der Waals surface area contributed by atoms with Crippen LogP contribution in [0, 0.1) is 5.92 Å². The maximum Gasteiger partial charge on any atom is 0.326 e. The fraction of sp³-hybridized carbons (Fsp3) is 0.833. The topological polar surface area (TPSA) is 69.6 Å². The Balaban J connectivity index is 2.43. The number of hydrogen-bond acceptors (Lipinski definition) is 3. The van der Waals surface area contributed by atoms with Gasteiger partial charge in [0.1, 0.15) is 6.04 Å². The Morgan fingerprint density at radius 1 is 1.56 bits per heavy atom. The van der Waals surface area contributed by atoms with Crippen LogP contribution in [-0.4, -0.2) is 53.1 Å². The molecule has 1 aliphatic rings. The summed E-state index contributed by atoms with van der Waals surface area (Å²) in [6.07, 6.45) is 4.48. The van der Waals surface area contributed by atoms with Gasteiger partial charge >= 0.3 is 12.0 Å². The van der Waals surface area contributed by atoms with E-state index in [1.807, 2.05) is 6.26 Å². The van der Waals surface area contributed by atoms with Crippen LogP contribution in [0.1, 0.15) is 26.2 Å². The zero-order valence-electron chi connectivity index (χ0n) is 11.0. The number of carboxylic acid groups (broad SMARTS) is 1. The molecule has 2 N–H and O–H groups in total. The Morgan fingerprint density at radius 2 is 2.28 bits per heavy atom. The second kappa shape index (κ2) is 7.51. The Hall–Kier alpha value is -0.910. The van der Waals surface area contributed by atoms with Gasteiger partial charge in [0.25, 0.3) is 0 Å². The second-order valence-electron chi connectivity index (χ2n) is 4.63. The predicted molar refractivity (Wildman–Crippen MR) is 72.9 cm³/mol. The first-order valence-corrected chi connectivity index (χ1v) is 7.75.